The maximum atomic E-state index is 13.1. The van der Waals surface area contributed by atoms with Crippen LogP contribution in [0.5, 0.6) is 5.75 Å². The summed E-state index contributed by atoms with van der Waals surface area (Å²) in [7, 11) is 0. The zero-order valence-electron chi connectivity index (χ0n) is 14.5. The van der Waals surface area contributed by atoms with Crippen molar-refractivity contribution in [1.82, 2.24) is 10.2 Å². The number of halogens is 3. The van der Waals surface area contributed by atoms with Gasteiger partial charge in [0.05, 0.1) is 19.7 Å². The van der Waals surface area contributed by atoms with Gasteiger partial charge in [0.2, 0.25) is 0 Å². The Balaban J connectivity index is 1.46. The van der Waals surface area contributed by atoms with Crippen LogP contribution in [-0.2, 0) is 4.74 Å². The Hall–Kier alpha value is -2.19. The minimum absolute atomic E-state index is 0.148. The highest BCUT2D eigenvalue weighted by Crippen LogP contribution is 2.28. The van der Waals surface area contributed by atoms with Gasteiger partial charge in [0.25, 0.3) is 0 Å². The number of nitrogens with one attached hydrogen (secondary N) is 1. The smallest absolute Gasteiger partial charge is 0.317 e. The SMILES string of the molecule is O=C(NCCOc1ccc(F)c(F)c1)N1CCOC(c2ccccc2Br)C1. The summed E-state index contributed by atoms with van der Waals surface area (Å²) in [5, 5.41) is 2.76. The molecule has 1 aliphatic heterocycles. The van der Waals surface area contributed by atoms with Crippen molar-refractivity contribution in [2.75, 3.05) is 32.8 Å². The third kappa shape index (κ3) is 5.17. The predicted molar refractivity (Wildman–Crippen MR) is 99.7 cm³/mol. The van der Waals surface area contributed by atoms with Gasteiger partial charge in [-0.05, 0) is 23.8 Å². The third-order valence-electron chi connectivity index (χ3n) is 4.14. The van der Waals surface area contributed by atoms with Crippen molar-refractivity contribution in [1.29, 1.82) is 0 Å². The fraction of sp³-hybridized carbons (Fsp3) is 0.316. The van der Waals surface area contributed by atoms with Crippen LogP contribution in [0.1, 0.15) is 11.7 Å². The van der Waals surface area contributed by atoms with Crippen molar-refractivity contribution in [3.8, 4) is 5.75 Å². The molecular weight excluding hydrogens is 422 g/mol. The molecule has 1 aliphatic rings. The molecule has 5 nitrogen and oxygen atoms in total. The summed E-state index contributed by atoms with van der Waals surface area (Å²) in [6.45, 7) is 1.78. The molecule has 27 heavy (non-hydrogen) atoms. The number of carbonyl (C=O) groups is 1. The van der Waals surface area contributed by atoms with E-state index < -0.39 is 11.6 Å². The monoisotopic (exact) mass is 440 g/mol. The highest BCUT2D eigenvalue weighted by molar-refractivity contribution is 9.10. The highest BCUT2D eigenvalue weighted by Gasteiger charge is 2.26. The van der Waals surface area contributed by atoms with Crippen LogP contribution in [0.4, 0.5) is 13.6 Å². The second-order valence-corrected chi connectivity index (χ2v) is 6.84. The molecule has 3 rings (SSSR count). The number of carbonyl (C=O) groups excluding carboxylic acids is 1. The first-order valence-electron chi connectivity index (χ1n) is 8.51. The topological polar surface area (TPSA) is 50.8 Å². The number of rotatable bonds is 5. The summed E-state index contributed by atoms with van der Waals surface area (Å²) < 4.78 is 38.0. The van der Waals surface area contributed by atoms with E-state index >= 15 is 0 Å². The average molecular weight is 441 g/mol. The van der Waals surface area contributed by atoms with Gasteiger partial charge < -0.3 is 19.7 Å². The second-order valence-electron chi connectivity index (χ2n) is 5.98. The van der Waals surface area contributed by atoms with E-state index in [0.29, 0.717) is 19.7 Å². The number of hydrogen-bond acceptors (Lipinski definition) is 3. The molecule has 0 saturated carbocycles. The van der Waals surface area contributed by atoms with Crippen LogP contribution in [0.15, 0.2) is 46.9 Å². The van der Waals surface area contributed by atoms with Crippen LogP contribution in [0.3, 0.4) is 0 Å². The van der Waals surface area contributed by atoms with E-state index in [1.807, 2.05) is 24.3 Å². The maximum Gasteiger partial charge on any atom is 0.317 e. The van der Waals surface area contributed by atoms with E-state index in [9.17, 15) is 13.6 Å². The van der Waals surface area contributed by atoms with Crippen LogP contribution in [0, 0.1) is 11.6 Å². The molecular formula is C19H19BrF2N2O3. The quantitative estimate of drug-likeness (QED) is 0.717. The molecule has 1 atom stereocenters. The minimum atomic E-state index is -0.969. The van der Waals surface area contributed by atoms with Crippen LogP contribution >= 0.6 is 15.9 Å². The number of nitrogens with zero attached hydrogens (tertiary/aromatic N) is 1. The van der Waals surface area contributed by atoms with Crippen molar-refractivity contribution >= 4 is 22.0 Å². The molecule has 1 saturated heterocycles. The number of amides is 2. The van der Waals surface area contributed by atoms with E-state index in [1.54, 1.807) is 4.90 Å². The lowest BCUT2D eigenvalue weighted by atomic mass is 10.1. The fourth-order valence-electron chi connectivity index (χ4n) is 2.76. The molecule has 0 radical (unpaired) electrons. The summed E-state index contributed by atoms with van der Waals surface area (Å²) in [6, 6.07) is 10.8. The van der Waals surface area contributed by atoms with Gasteiger partial charge in [0, 0.05) is 17.1 Å². The molecule has 144 valence electrons. The lowest BCUT2D eigenvalue weighted by Gasteiger charge is -2.33. The van der Waals surface area contributed by atoms with Crippen molar-refractivity contribution < 1.29 is 23.0 Å². The molecule has 8 heteroatoms. The highest BCUT2D eigenvalue weighted by atomic mass is 79.9. The number of hydrogen-bond donors (Lipinski definition) is 1. The molecule has 0 bridgehead atoms. The Kier molecular flexibility index (Phi) is 6.63. The minimum Gasteiger partial charge on any atom is -0.492 e. The molecule has 0 spiro atoms. The molecule has 1 N–H and O–H groups in total. The Morgan fingerprint density at radius 2 is 2.07 bits per heavy atom. The standard InChI is InChI=1S/C19H19BrF2N2O3/c20-15-4-2-1-3-14(15)18-12-24(8-10-27-18)19(25)23-7-9-26-13-5-6-16(21)17(22)11-13/h1-6,11,18H,7-10,12H2,(H,23,25). The zero-order chi connectivity index (χ0) is 19.2. The van der Waals surface area contributed by atoms with Gasteiger partial charge >= 0.3 is 6.03 Å². The average Bonchev–Trinajstić information content (AvgIpc) is 2.68. The van der Waals surface area contributed by atoms with Crippen LogP contribution < -0.4 is 10.1 Å². The van der Waals surface area contributed by atoms with Crippen molar-refractivity contribution in [2.45, 2.75) is 6.10 Å². The second kappa shape index (κ2) is 9.14. The van der Waals surface area contributed by atoms with Gasteiger partial charge in [-0.25, -0.2) is 13.6 Å². The Bertz CT molecular complexity index is 806. The van der Waals surface area contributed by atoms with Crippen LogP contribution in [0.25, 0.3) is 0 Å². The molecule has 2 aromatic rings. The first-order chi connectivity index (χ1) is 13.0. The first kappa shape index (κ1) is 19.6. The number of benzene rings is 2. The lowest BCUT2D eigenvalue weighted by molar-refractivity contribution is -0.0158. The lowest BCUT2D eigenvalue weighted by Crippen LogP contribution is -2.48. The van der Waals surface area contributed by atoms with Crippen molar-refractivity contribution in [3.63, 3.8) is 0 Å². The Morgan fingerprint density at radius 3 is 2.85 bits per heavy atom. The molecule has 1 unspecified atom stereocenters. The van der Waals surface area contributed by atoms with E-state index in [0.717, 1.165) is 22.2 Å². The first-order valence-corrected chi connectivity index (χ1v) is 9.30. The fourth-order valence-corrected chi connectivity index (χ4v) is 3.30. The van der Waals surface area contributed by atoms with Gasteiger partial charge in [-0.15, -0.1) is 0 Å². The van der Waals surface area contributed by atoms with E-state index in [-0.39, 0.29) is 31.0 Å². The number of morpholine rings is 1. The molecule has 1 heterocycles. The number of ether oxygens (including phenoxy) is 2. The summed E-state index contributed by atoms with van der Waals surface area (Å²) in [5.74, 6) is -1.69. The number of urea groups is 1. The zero-order valence-corrected chi connectivity index (χ0v) is 16.0. The van der Waals surface area contributed by atoms with Crippen molar-refractivity contribution in [3.05, 3.63) is 64.1 Å². The van der Waals surface area contributed by atoms with Crippen LogP contribution in [0.2, 0.25) is 0 Å². The van der Waals surface area contributed by atoms with Crippen molar-refractivity contribution in [2.24, 2.45) is 0 Å². The molecule has 2 amide bonds. The normalized spacial score (nSPS) is 16.9. The van der Waals surface area contributed by atoms with E-state index in [2.05, 4.69) is 21.2 Å². The van der Waals surface area contributed by atoms with E-state index in [4.69, 9.17) is 9.47 Å². The van der Waals surface area contributed by atoms with Crippen LogP contribution in [-0.4, -0.2) is 43.8 Å². The third-order valence-corrected chi connectivity index (χ3v) is 4.87. The predicted octanol–water partition coefficient (Wildman–Crippen LogP) is 3.89. The summed E-state index contributed by atoms with van der Waals surface area (Å²) in [5.41, 5.74) is 0.997. The summed E-state index contributed by atoms with van der Waals surface area (Å²) in [4.78, 5) is 14.0. The molecule has 1 fully saturated rings. The molecule has 2 aromatic carbocycles. The largest absolute Gasteiger partial charge is 0.492 e. The Labute approximate surface area is 164 Å². The molecule has 0 aromatic heterocycles. The maximum absolute atomic E-state index is 13.1. The van der Waals surface area contributed by atoms with Gasteiger partial charge in [-0.2, -0.15) is 0 Å². The van der Waals surface area contributed by atoms with Gasteiger partial charge in [-0.3, -0.25) is 0 Å². The summed E-state index contributed by atoms with van der Waals surface area (Å²) >= 11 is 3.51. The molecule has 0 aliphatic carbocycles. The Morgan fingerprint density at radius 1 is 1.26 bits per heavy atom. The van der Waals surface area contributed by atoms with Gasteiger partial charge in [-0.1, -0.05) is 34.1 Å². The van der Waals surface area contributed by atoms with Gasteiger partial charge in [0.1, 0.15) is 18.5 Å². The van der Waals surface area contributed by atoms with Gasteiger partial charge in [0.15, 0.2) is 11.6 Å². The summed E-state index contributed by atoms with van der Waals surface area (Å²) in [6.07, 6.45) is -0.196. The van der Waals surface area contributed by atoms with E-state index in [1.165, 1.54) is 6.07 Å².